The normalized spacial score (nSPS) is 9.52. The number of carbonyl (C=O) groups excluding carboxylic acids is 3. The first-order valence-electron chi connectivity index (χ1n) is 55.9. The largest absolute Gasteiger partial charge is 0.385 e. The van der Waals surface area contributed by atoms with E-state index in [1.54, 1.807) is 71.0 Å². The van der Waals surface area contributed by atoms with Crippen LogP contribution in [0.1, 0.15) is 442 Å². The van der Waals surface area contributed by atoms with Crippen LogP contribution in [0.2, 0.25) is 0 Å². The van der Waals surface area contributed by atoms with Gasteiger partial charge < -0.3 is 67.5 Å². The highest BCUT2D eigenvalue weighted by Gasteiger charge is 2.00. The van der Waals surface area contributed by atoms with Crippen LogP contribution in [0.4, 0.5) is 0 Å². The minimum Gasteiger partial charge on any atom is -0.385 e. The Kier molecular flexibility index (Phi) is 179. The molecule has 0 saturated carbocycles. The lowest BCUT2D eigenvalue weighted by Gasteiger charge is -2.04. The molecule has 0 aliphatic rings. The first-order chi connectivity index (χ1) is 68.9. The number of carbonyl (C=O) groups is 2. The highest BCUT2D eigenvalue weighted by Crippen LogP contribution is 2.13. The van der Waals surface area contributed by atoms with Crippen molar-refractivity contribution < 1.29 is 71.2 Å². The summed E-state index contributed by atoms with van der Waals surface area (Å²) in [6, 6.07) is 42.6. The summed E-state index contributed by atoms with van der Waals surface area (Å²) >= 11 is 0. The summed E-state index contributed by atoms with van der Waals surface area (Å²) in [5.74, 6) is 1.55. The van der Waals surface area contributed by atoms with E-state index < -0.39 is 0 Å². The van der Waals surface area contributed by atoms with Crippen molar-refractivity contribution in [2.75, 3.05) is 151 Å². The van der Waals surface area contributed by atoms with Crippen molar-refractivity contribution in [2.45, 2.75) is 454 Å². The van der Waals surface area contributed by atoms with Crippen LogP contribution in [0.25, 0.3) is 0 Å². The molecule has 2 amide bonds. The van der Waals surface area contributed by atoms with Crippen LogP contribution >= 0.6 is 0 Å². The molecule has 17 nitrogen and oxygen atoms in total. The lowest BCUT2D eigenvalue weighted by atomic mass is 10.1. The fourth-order valence-corrected chi connectivity index (χ4v) is 11.8. The fraction of sp³-hybridized carbons (Fsp3) is 0.728. The van der Waals surface area contributed by atoms with Crippen molar-refractivity contribution in [2.24, 2.45) is 0 Å². The molecule has 2 N–H and O–H groups in total. The van der Waals surface area contributed by atoms with Gasteiger partial charge in [0, 0.05) is 150 Å². The lowest BCUT2D eigenvalue weighted by molar-refractivity contribution is -0.121. The average molecular weight is 2010 g/mol. The zero-order chi connectivity index (χ0) is 109. The van der Waals surface area contributed by atoms with Crippen molar-refractivity contribution in [1.82, 2.24) is 10.6 Å². The SMILES string of the molecule is C=C=O.CC.CCCC(=O)NC.CCCCCCCC(=O)NC.CCCCCCCCCCCOC.CCCCCCCCCOC.CCCCCCCOC.CCCCCCCOCOC.CCCCCCOCc1ccc(C)cc1.CCCCCOC.CCCOC.CCCOC.CCCOCOC.CCOCc1ccc(C)cc1.CCc1ccc(C)cc1.Cc1ccc(C)cc1.Cc1cccc(C)c1. The zero-order valence-electron chi connectivity index (χ0n) is 99.6. The predicted molar refractivity (Wildman–Crippen MR) is 623 cm³/mol. The summed E-state index contributed by atoms with van der Waals surface area (Å²) in [6.07, 6.45) is 56.9. The van der Waals surface area contributed by atoms with Gasteiger partial charge >= 0.3 is 0 Å². The van der Waals surface area contributed by atoms with E-state index in [1.165, 1.54) is 299 Å². The van der Waals surface area contributed by atoms with E-state index in [9.17, 15) is 9.59 Å². The van der Waals surface area contributed by atoms with Crippen molar-refractivity contribution in [3.05, 3.63) is 184 Å². The molecule has 0 atom stereocenters. The van der Waals surface area contributed by atoms with E-state index in [2.05, 4.69) is 268 Å². The Bertz CT molecular complexity index is 2850. The summed E-state index contributed by atoms with van der Waals surface area (Å²) in [6.45, 7) is 60.6. The number of rotatable bonds is 63. The molecule has 0 spiro atoms. The Balaban J connectivity index is -0.000000128. The van der Waals surface area contributed by atoms with Crippen molar-refractivity contribution in [3.8, 4) is 0 Å². The molecule has 17 heteroatoms. The number of nitrogens with one attached hydrogen (secondary N) is 2. The van der Waals surface area contributed by atoms with Crippen LogP contribution < -0.4 is 10.6 Å². The molecule has 0 saturated heterocycles. The maximum Gasteiger partial charge on any atom is 0.219 e. The summed E-state index contributed by atoms with van der Waals surface area (Å²) in [5, 5.41) is 5.14. The first kappa shape index (κ1) is 161. The summed E-state index contributed by atoms with van der Waals surface area (Å²) in [7, 11) is 17.1. The van der Waals surface area contributed by atoms with Crippen LogP contribution in [0.15, 0.2) is 128 Å². The molecule has 0 aromatic heterocycles. The molecule has 0 aliphatic carbocycles. The van der Waals surface area contributed by atoms with E-state index >= 15 is 0 Å². The molecule has 0 radical (unpaired) electrons. The Morgan fingerprint density at radius 1 is 0.254 bits per heavy atom. The first-order valence-corrected chi connectivity index (χ1v) is 55.9. The van der Waals surface area contributed by atoms with Gasteiger partial charge in [0.05, 0.1) is 13.2 Å². The molecule has 5 rings (SSSR count). The molecular formula is C125H238N2O15. The molecule has 0 unspecified atom stereocenters. The van der Waals surface area contributed by atoms with Gasteiger partial charge in [-0.1, -0.05) is 456 Å². The Labute approximate surface area is 883 Å². The number of aryl methyl sites for hydroxylation is 8. The van der Waals surface area contributed by atoms with Crippen LogP contribution in [-0.2, 0) is 90.9 Å². The van der Waals surface area contributed by atoms with Gasteiger partial charge in [-0.15, -0.1) is 0 Å². The van der Waals surface area contributed by atoms with Crippen LogP contribution in [0, 0.1) is 48.5 Å². The second-order valence-corrected chi connectivity index (χ2v) is 34.9. The smallest absolute Gasteiger partial charge is 0.219 e. The summed E-state index contributed by atoms with van der Waals surface area (Å²) in [4.78, 5) is 29.6. The standard InChI is InChI=1S/C14H22O.C12H26O.C10H14O.C10H22O.C9H19NO.C9H20O2.C9H12.C8H18O.2C8H10.C6H14O.C5H11NO.C5H12O2.2C4H10O.C2H2O.C2H6/c1-3-4-5-6-11-15-12-14-9-7-13(2)8-10-14;1-3-4-5-6-7-8-9-10-11-12-13-2;1-3-11-8-10-6-4-9(2)5-7-10;1-3-4-5-6-7-8-9-10-11-2;1-3-4-5-6-7-8-9(11)10-2;1-3-4-5-6-7-8-11-9-10-2;1-3-9-6-4-8(2)5-7-9;1-3-4-5-6-7-8-9-2;1-7-3-5-8(2)6-4-7;1-7-4-3-5-8(2)6-7;1-3-4-5-6-7-2;1-3-4-5(7)6-2;1-3-4-7-5-6-2;2*1-3-4-5-2;1-2-3;1-2/h7-10H,3-6,11-12H2,1-2H3;3-12H2,1-2H3;4-7H,3,8H2,1-2H3;3-10H2,1-2H3;3-8H2,1-2H3,(H,10,11);3-9H2,1-2H3;4-7H,3H2,1-2H3;3-8H2,1-2H3;2*3-6H,1-2H3;3-6H2,1-2H3;3-4H2,1-2H3,(H,6,7);3-5H2,1-2H3;2*3-4H2,1-2H3;1H2;1-2H3. The highest BCUT2D eigenvalue weighted by atomic mass is 16.7. The number of hydrogen-bond donors (Lipinski definition) is 2. The van der Waals surface area contributed by atoms with Gasteiger partial charge in [0.25, 0.3) is 0 Å². The molecule has 142 heavy (non-hydrogen) atoms. The van der Waals surface area contributed by atoms with Gasteiger partial charge in [-0.05, 0) is 156 Å². The molecule has 5 aromatic rings. The summed E-state index contributed by atoms with van der Waals surface area (Å²) in [5.41, 5.74) is 13.2. The van der Waals surface area contributed by atoms with E-state index in [-0.39, 0.29) is 11.8 Å². The van der Waals surface area contributed by atoms with Gasteiger partial charge in [0.2, 0.25) is 11.8 Å². The molecular weight excluding hydrogens is 1770 g/mol. The highest BCUT2D eigenvalue weighted by molar-refractivity contribution is 5.75. The number of hydrogen-bond acceptors (Lipinski definition) is 15. The van der Waals surface area contributed by atoms with Gasteiger partial charge in [0.15, 0.2) is 0 Å². The molecule has 0 aliphatic heterocycles. The van der Waals surface area contributed by atoms with Crippen molar-refractivity contribution in [1.29, 1.82) is 0 Å². The predicted octanol–water partition coefficient (Wildman–Crippen LogP) is 35.1. The third kappa shape index (κ3) is 176. The fourth-order valence-electron chi connectivity index (χ4n) is 11.8. The zero-order valence-corrected chi connectivity index (χ0v) is 99.6. The van der Waals surface area contributed by atoms with Crippen LogP contribution in [-0.4, -0.2) is 168 Å². The summed E-state index contributed by atoms with van der Waals surface area (Å²) < 4.78 is 59.4. The number of ether oxygens (including phenoxy) is 12. The second-order valence-electron chi connectivity index (χ2n) is 34.9. The number of amides is 2. The van der Waals surface area contributed by atoms with E-state index in [4.69, 9.17) is 56.9 Å². The molecule has 0 bridgehead atoms. The van der Waals surface area contributed by atoms with Gasteiger partial charge in [-0.3, -0.25) is 9.59 Å². The maximum atomic E-state index is 10.7. The molecule has 0 heterocycles. The third-order valence-electron chi connectivity index (χ3n) is 20.4. The quantitative estimate of drug-likeness (QED) is 0.0213. The number of benzene rings is 5. The van der Waals surface area contributed by atoms with E-state index in [1.807, 2.05) is 27.7 Å². The van der Waals surface area contributed by atoms with Gasteiger partial charge in [0.1, 0.15) is 19.5 Å². The Morgan fingerprint density at radius 2 is 0.486 bits per heavy atom. The Hall–Kier alpha value is -5.99. The molecule has 838 valence electrons. The average Bonchev–Trinajstić information content (AvgIpc) is 0.927. The van der Waals surface area contributed by atoms with E-state index in [0.29, 0.717) is 26.4 Å². The van der Waals surface area contributed by atoms with Gasteiger partial charge in [-0.2, -0.15) is 0 Å². The Morgan fingerprint density at radius 3 is 0.725 bits per heavy atom. The maximum absolute atomic E-state index is 10.7. The molecule has 5 aromatic carbocycles. The third-order valence-corrected chi connectivity index (χ3v) is 20.4. The minimum absolute atomic E-state index is 0.127. The monoisotopic (exact) mass is 2010 g/mol. The van der Waals surface area contributed by atoms with E-state index in [0.717, 1.165) is 118 Å². The topological polar surface area (TPSA) is 186 Å². The second kappa shape index (κ2) is 158. The lowest BCUT2D eigenvalue weighted by Crippen LogP contribution is -2.16. The minimum atomic E-state index is 0.127. The van der Waals surface area contributed by atoms with Crippen molar-refractivity contribution in [3.63, 3.8) is 0 Å². The number of methoxy groups -OCH3 is 8. The van der Waals surface area contributed by atoms with Crippen LogP contribution in [0.3, 0.4) is 0 Å². The number of unbranched alkanes of at least 4 members (excludes halogenated alkanes) is 31. The van der Waals surface area contributed by atoms with Gasteiger partial charge in [-0.25, -0.2) is 4.79 Å². The van der Waals surface area contributed by atoms with Crippen molar-refractivity contribution >= 4 is 17.8 Å². The molecule has 0 fully saturated rings. The van der Waals surface area contributed by atoms with Crippen LogP contribution in [0.5, 0.6) is 0 Å².